The van der Waals surface area contributed by atoms with Crippen LogP contribution in [0.1, 0.15) is 27.8 Å². The van der Waals surface area contributed by atoms with Crippen LogP contribution in [0, 0.1) is 0 Å². The zero-order chi connectivity index (χ0) is 18.1. The third-order valence-corrected chi connectivity index (χ3v) is 3.14. The van der Waals surface area contributed by atoms with E-state index >= 15 is 0 Å². The molecule has 0 fully saturated rings. The van der Waals surface area contributed by atoms with Crippen LogP contribution in [0.25, 0.3) is 0 Å². The molecule has 8 nitrogen and oxygen atoms in total. The van der Waals surface area contributed by atoms with E-state index in [1.807, 2.05) is 0 Å². The van der Waals surface area contributed by atoms with Crippen LogP contribution in [0.2, 0.25) is 0 Å². The number of hydrogen-bond acceptors (Lipinski definition) is 7. The highest BCUT2D eigenvalue weighted by atomic mass is 16.5. The van der Waals surface area contributed by atoms with Gasteiger partial charge in [-0.1, -0.05) is 0 Å². The summed E-state index contributed by atoms with van der Waals surface area (Å²) in [7, 11) is 1.56. The number of carbonyl (C=O) groups excluding carboxylic acids is 2. The standard InChI is InChI=1S/C17H20N4O4/c1-3-25-17(23)12-4-6-13(7-5-12)21-15-11-19-14(10-20-15)16(22)18-8-9-24-2/h4-7,10-11H,3,8-9H2,1-2H3,(H,18,22)(H,20,21). The first-order valence-corrected chi connectivity index (χ1v) is 7.77. The second-order valence-corrected chi connectivity index (χ2v) is 4.96. The molecule has 0 unspecified atom stereocenters. The average molecular weight is 344 g/mol. The van der Waals surface area contributed by atoms with E-state index in [0.29, 0.717) is 31.1 Å². The summed E-state index contributed by atoms with van der Waals surface area (Å²) in [6.45, 7) is 2.93. The van der Waals surface area contributed by atoms with Crippen molar-refractivity contribution in [3.05, 3.63) is 47.9 Å². The van der Waals surface area contributed by atoms with E-state index < -0.39 is 0 Å². The van der Waals surface area contributed by atoms with Crippen molar-refractivity contribution in [3.8, 4) is 0 Å². The van der Waals surface area contributed by atoms with Crippen molar-refractivity contribution in [2.75, 3.05) is 32.2 Å². The summed E-state index contributed by atoms with van der Waals surface area (Å²) in [6.07, 6.45) is 2.85. The lowest BCUT2D eigenvalue weighted by atomic mass is 10.2. The van der Waals surface area contributed by atoms with E-state index in [1.54, 1.807) is 38.3 Å². The number of carbonyl (C=O) groups is 2. The summed E-state index contributed by atoms with van der Waals surface area (Å²) in [6, 6.07) is 6.79. The highest BCUT2D eigenvalue weighted by Gasteiger charge is 2.08. The molecule has 0 saturated carbocycles. The van der Waals surface area contributed by atoms with Crippen molar-refractivity contribution >= 4 is 23.4 Å². The maximum absolute atomic E-state index is 11.8. The molecule has 1 amide bonds. The Kier molecular flexibility index (Phi) is 6.85. The number of anilines is 2. The Morgan fingerprint density at radius 3 is 2.48 bits per heavy atom. The number of nitrogens with one attached hydrogen (secondary N) is 2. The number of hydrogen-bond donors (Lipinski definition) is 2. The summed E-state index contributed by atoms with van der Waals surface area (Å²) >= 11 is 0. The number of benzene rings is 1. The predicted molar refractivity (Wildman–Crippen MR) is 91.9 cm³/mol. The minimum absolute atomic E-state index is 0.222. The van der Waals surface area contributed by atoms with Crippen molar-refractivity contribution < 1.29 is 19.1 Å². The van der Waals surface area contributed by atoms with Gasteiger partial charge in [-0.05, 0) is 31.2 Å². The van der Waals surface area contributed by atoms with Crippen LogP contribution < -0.4 is 10.6 Å². The first-order chi connectivity index (χ1) is 12.1. The number of rotatable bonds is 8. The van der Waals surface area contributed by atoms with Crippen molar-refractivity contribution in [3.63, 3.8) is 0 Å². The summed E-state index contributed by atoms with van der Waals surface area (Å²) in [4.78, 5) is 31.6. The lowest BCUT2D eigenvalue weighted by Gasteiger charge is -2.07. The highest BCUT2D eigenvalue weighted by Crippen LogP contribution is 2.15. The van der Waals surface area contributed by atoms with Crippen LogP contribution in [-0.4, -0.2) is 48.7 Å². The van der Waals surface area contributed by atoms with Crippen LogP contribution in [-0.2, 0) is 9.47 Å². The lowest BCUT2D eigenvalue weighted by molar-refractivity contribution is 0.0526. The van der Waals surface area contributed by atoms with E-state index in [4.69, 9.17) is 9.47 Å². The molecule has 2 aromatic rings. The lowest BCUT2D eigenvalue weighted by Crippen LogP contribution is -2.27. The van der Waals surface area contributed by atoms with Gasteiger partial charge in [0.05, 0.1) is 31.2 Å². The summed E-state index contributed by atoms with van der Waals surface area (Å²) in [5, 5.41) is 5.71. The predicted octanol–water partition coefficient (Wildman–Crippen LogP) is 1.77. The van der Waals surface area contributed by atoms with Gasteiger partial charge in [0.15, 0.2) is 0 Å². The summed E-state index contributed by atoms with van der Waals surface area (Å²) in [5.74, 6) is -0.190. The van der Waals surface area contributed by atoms with Gasteiger partial charge >= 0.3 is 5.97 Å². The van der Waals surface area contributed by atoms with E-state index in [0.717, 1.165) is 5.69 Å². The third-order valence-electron chi connectivity index (χ3n) is 3.14. The fraction of sp³-hybridized carbons (Fsp3) is 0.294. The van der Waals surface area contributed by atoms with Gasteiger partial charge in [0.1, 0.15) is 11.5 Å². The Bertz CT molecular complexity index is 702. The molecule has 1 aromatic heterocycles. The quantitative estimate of drug-likeness (QED) is 0.556. The van der Waals surface area contributed by atoms with Crippen molar-refractivity contribution in [2.24, 2.45) is 0 Å². The molecule has 8 heteroatoms. The maximum atomic E-state index is 11.8. The van der Waals surface area contributed by atoms with Crippen LogP contribution >= 0.6 is 0 Å². The molecule has 2 rings (SSSR count). The van der Waals surface area contributed by atoms with Crippen molar-refractivity contribution in [1.82, 2.24) is 15.3 Å². The zero-order valence-corrected chi connectivity index (χ0v) is 14.1. The van der Waals surface area contributed by atoms with Gasteiger partial charge < -0.3 is 20.1 Å². The monoisotopic (exact) mass is 344 g/mol. The SMILES string of the molecule is CCOC(=O)c1ccc(Nc2cnc(C(=O)NCCOC)cn2)cc1. The second kappa shape index (κ2) is 9.33. The average Bonchev–Trinajstić information content (AvgIpc) is 2.63. The first kappa shape index (κ1) is 18.3. The summed E-state index contributed by atoms with van der Waals surface area (Å²) in [5.41, 5.74) is 1.43. The molecule has 0 radical (unpaired) electrons. The van der Waals surface area contributed by atoms with Crippen molar-refractivity contribution in [2.45, 2.75) is 6.92 Å². The van der Waals surface area contributed by atoms with Crippen LogP contribution in [0.5, 0.6) is 0 Å². The Balaban J connectivity index is 1.94. The molecule has 2 N–H and O–H groups in total. The molecule has 1 heterocycles. The first-order valence-electron chi connectivity index (χ1n) is 7.77. The van der Waals surface area contributed by atoms with Gasteiger partial charge in [0.2, 0.25) is 0 Å². The van der Waals surface area contributed by atoms with Gasteiger partial charge in [0, 0.05) is 19.3 Å². The number of ether oxygens (including phenoxy) is 2. The summed E-state index contributed by atoms with van der Waals surface area (Å²) < 4.78 is 9.79. The molecular weight excluding hydrogens is 324 g/mol. The largest absolute Gasteiger partial charge is 0.462 e. The van der Waals surface area contributed by atoms with Crippen LogP contribution in [0.15, 0.2) is 36.7 Å². The molecule has 0 aliphatic heterocycles. The molecule has 0 saturated heterocycles. The molecule has 0 bridgehead atoms. The van der Waals surface area contributed by atoms with E-state index in [9.17, 15) is 9.59 Å². The Morgan fingerprint density at radius 2 is 1.88 bits per heavy atom. The number of amides is 1. The van der Waals surface area contributed by atoms with Gasteiger partial charge in [0.25, 0.3) is 5.91 Å². The fourth-order valence-corrected chi connectivity index (χ4v) is 1.92. The zero-order valence-electron chi connectivity index (χ0n) is 14.1. The van der Waals surface area contributed by atoms with E-state index in [-0.39, 0.29) is 17.6 Å². The molecule has 132 valence electrons. The molecule has 0 atom stereocenters. The van der Waals surface area contributed by atoms with Crippen molar-refractivity contribution in [1.29, 1.82) is 0 Å². The van der Waals surface area contributed by atoms with E-state index in [2.05, 4.69) is 20.6 Å². The number of esters is 1. The molecule has 0 aliphatic rings. The smallest absolute Gasteiger partial charge is 0.338 e. The van der Waals surface area contributed by atoms with Gasteiger partial charge in [-0.2, -0.15) is 0 Å². The van der Waals surface area contributed by atoms with Gasteiger partial charge in [-0.15, -0.1) is 0 Å². The molecule has 25 heavy (non-hydrogen) atoms. The molecular formula is C17H20N4O4. The topological polar surface area (TPSA) is 102 Å². The number of methoxy groups -OCH3 is 1. The van der Waals surface area contributed by atoms with Gasteiger partial charge in [-0.3, -0.25) is 4.79 Å². The molecule has 1 aromatic carbocycles. The highest BCUT2D eigenvalue weighted by molar-refractivity contribution is 5.92. The number of nitrogens with zero attached hydrogens (tertiary/aromatic N) is 2. The Hall–Kier alpha value is -3.00. The minimum Gasteiger partial charge on any atom is -0.462 e. The minimum atomic E-state index is -0.363. The second-order valence-electron chi connectivity index (χ2n) is 4.96. The van der Waals surface area contributed by atoms with Crippen LogP contribution in [0.4, 0.5) is 11.5 Å². The Morgan fingerprint density at radius 1 is 1.12 bits per heavy atom. The fourth-order valence-electron chi connectivity index (χ4n) is 1.92. The third kappa shape index (κ3) is 5.54. The van der Waals surface area contributed by atoms with E-state index in [1.165, 1.54) is 12.4 Å². The molecule has 0 aliphatic carbocycles. The van der Waals surface area contributed by atoms with Crippen LogP contribution in [0.3, 0.4) is 0 Å². The molecule has 0 spiro atoms. The number of aromatic nitrogens is 2. The van der Waals surface area contributed by atoms with Gasteiger partial charge in [-0.25, -0.2) is 14.8 Å². The Labute approximate surface area is 145 Å². The maximum Gasteiger partial charge on any atom is 0.338 e. The normalized spacial score (nSPS) is 10.2.